The van der Waals surface area contributed by atoms with Crippen molar-refractivity contribution in [2.45, 2.75) is 58.6 Å². The van der Waals surface area contributed by atoms with Crippen molar-refractivity contribution in [2.75, 3.05) is 6.61 Å². The molecule has 20 heavy (non-hydrogen) atoms. The molecule has 0 aromatic carbocycles. The van der Waals surface area contributed by atoms with E-state index in [0.717, 1.165) is 12.8 Å². The summed E-state index contributed by atoms with van der Waals surface area (Å²) in [6, 6.07) is -0.918. The van der Waals surface area contributed by atoms with E-state index < -0.39 is 23.7 Å². The van der Waals surface area contributed by atoms with Gasteiger partial charge in [-0.2, -0.15) is 0 Å². The Hall–Kier alpha value is -1.72. The topological polar surface area (TPSA) is 84.9 Å². The van der Waals surface area contributed by atoms with Gasteiger partial charge in [0.25, 0.3) is 0 Å². The molecule has 2 N–H and O–H groups in total. The van der Waals surface area contributed by atoms with Gasteiger partial charge in [0.05, 0.1) is 19.1 Å². The minimum atomic E-state index is -0.918. The molecular weight excluding hydrogens is 262 g/mol. The first-order chi connectivity index (χ1) is 9.15. The third-order valence-electron chi connectivity index (χ3n) is 2.22. The number of nitrogens with one attached hydrogen (secondary N) is 1. The third kappa shape index (κ3) is 9.24. The van der Waals surface area contributed by atoms with Gasteiger partial charge in [0.2, 0.25) is 0 Å². The smallest absolute Gasteiger partial charge is 0.408 e. The second-order valence-electron chi connectivity index (χ2n) is 5.47. The Labute approximate surface area is 120 Å². The molecule has 0 aliphatic carbocycles. The number of hydrogen-bond donors (Lipinski definition) is 2. The Morgan fingerprint density at radius 1 is 1.35 bits per heavy atom. The van der Waals surface area contributed by atoms with E-state index in [1.165, 1.54) is 0 Å². The Morgan fingerprint density at radius 2 is 1.95 bits per heavy atom. The summed E-state index contributed by atoms with van der Waals surface area (Å²) in [4.78, 5) is 23.1. The van der Waals surface area contributed by atoms with Crippen LogP contribution in [0.4, 0.5) is 4.79 Å². The molecule has 6 heteroatoms. The highest BCUT2D eigenvalue weighted by Gasteiger charge is 2.23. The first kappa shape index (κ1) is 18.3. The summed E-state index contributed by atoms with van der Waals surface area (Å²) < 4.78 is 10.0. The van der Waals surface area contributed by atoms with Crippen LogP contribution < -0.4 is 5.32 Å². The van der Waals surface area contributed by atoms with Crippen molar-refractivity contribution < 1.29 is 24.2 Å². The molecule has 0 aromatic rings. The molecule has 0 aromatic heterocycles. The lowest BCUT2D eigenvalue weighted by Crippen LogP contribution is -2.41. The monoisotopic (exact) mass is 287 g/mol. The molecule has 1 unspecified atom stereocenters. The van der Waals surface area contributed by atoms with E-state index in [9.17, 15) is 14.7 Å². The summed E-state index contributed by atoms with van der Waals surface area (Å²) in [5, 5.41) is 11.8. The van der Waals surface area contributed by atoms with Gasteiger partial charge in [-0.15, -0.1) is 0 Å². The van der Waals surface area contributed by atoms with Crippen molar-refractivity contribution in [3.63, 3.8) is 0 Å². The maximum atomic E-state index is 11.6. The van der Waals surface area contributed by atoms with Crippen molar-refractivity contribution in [2.24, 2.45) is 0 Å². The summed E-state index contributed by atoms with van der Waals surface area (Å²) in [7, 11) is 0. The first-order valence-corrected chi connectivity index (χ1v) is 6.68. The number of ether oxygens (including phenoxy) is 2. The van der Waals surface area contributed by atoms with E-state index >= 15 is 0 Å². The van der Waals surface area contributed by atoms with Gasteiger partial charge in [0.15, 0.2) is 0 Å². The minimum Gasteiger partial charge on any atom is -0.511 e. The summed E-state index contributed by atoms with van der Waals surface area (Å²) in [6.45, 7) is 10.8. The zero-order chi connectivity index (χ0) is 15.8. The van der Waals surface area contributed by atoms with Gasteiger partial charge in [-0.25, -0.2) is 4.79 Å². The van der Waals surface area contributed by atoms with Gasteiger partial charge in [0, 0.05) is 0 Å². The molecule has 0 aliphatic rings. The first-order valence-electron chi connectivity index (χ1n) is 6.68. The zero-order valence-corrected chi connectivity index (χ0v) is 12.7. The molecule has 0 fully saturated rings. The molecule has 0 heterocycles. The standard InChI is InChI=1S/C14H25NO5/c1-6-7-8-19-12(17)9-11(10(2)16)15-13(18)20-14(3,4)5/h11,16H,2,6-9H2,1,3-5H3,(H,15,18). The largest absolute Gasteiger partial charge is 0.511 e. The molecule has 0 saturated carbocycles. The summed E-state index contributed by atoms with van der Waals surface area (Å²) >= 11 is 0. The van der Waals surface area contributed by atoms with Crippen molar-refractivity contribution in [1.82, 2.24) is 5.32 Å². The molecule has 6 nitrogen and oxygen atoms in total. The lowest BCUT2D eigenvalue weighted by molar-refractivity contribution is -0.144. The zero-order valence-electron chi connectivity index (χ0n) is 12.7. The predicted octanol–water partition coefficient (Wildman–Crippen LogP) is 2.68. The second-order valence-corrected chi connectivity index (χ2v) is 5.47. The molecule has 0 bridgehead atoms. The van der Waals surface area contributed by atoms with E-state index in [4.69, 9.17) is 9.47 Å². The van der Waals surface area contributed by atoms with Crippen LogP contribution in [0.15, 0.2) is 12.3 Å². The molecule has 0 aliphatic heterocycles. The van der Waals surface area contributed by atoms with Crippen LogP contribution in [-0.2, 0) is 14.3 Å². The summed E-state index contributed by atoms with van der Waals surface area (Å²) in [5.41, 5.74) is -0.660. The average molecular weight is 287 g/mol. The Bertz CT molecular complexity index is 346. The molecule has 0 saturated heterocycles. The normalized spacial score (nSPS) is 12.4. The van der Waals surface area contributed by atoms with Gasteiger partial charge in [-0.1, -0.05) is 19.9 Å². The number of hydrogen-bond acceptors (Lipinski definition) is 5. The van der Waals surface area contributed by atoms with Crippen LogP contribution in [-0.4, -0.2) is 35.4 Å². The molecule has 0 radical (unpaired) electrons. The van der Waals surface area contributed by atoms with Crippen LogP contribution >= 0.6 is 0 Å². The van der Waals surface area contributed by atoms with Crippen molar-refractivity contribution in [3.05, 3.63) is 12.3 Å². The van der Waals surface area contributed by atoms with Gasteiger partial charge < -0.3 is 19.9 Å². The number of unbranched alkanes of at least 4 members (excludes halogenated alkanes) is 1. The Morgan fingerprint density at radius 3 is 2.40 bits per heavy atom. The fourth-order valence-corrected chi connectivity index (χ4v) is 1.26. The fraction of sp³-hybridized carbons (Fsp3) is 0.714. The molecule has 0 rings (SSSR count). The van der Waals surface area contributed by atoms with Crippen LogP contribution in [0.3, 0.4) is 0 Å². The van der Waals surface area contributed by atoms with Gasteiger partial charge in [-0.05, 0) is 27.2 Å². The van der Waals surface area contributed by atoms with Crippen molar-refractivity contribution in [1.29, 1.82) is 0 Å². The highest BCUT2D eigenvalue weighted by Crippen LogP contribution is 2.09. The molecule has 1 atom stereocenters. The van der Waals surface area contributed by atoms with E-state index in [1.807, 2.05) is 6.92 Å². The number of amides is 1. The van der Waals surface area contributed by atoms with Crippen molar-refractivity contribution >= 4 is 12.1 Å². The van der Waals surface area contributed by atoms with Gasteiger partial charge >= 0.3 is 12.1 Å². The fourth-order valence-electron chi connectivity index (χ4n) is 1.26. The SMILES string of the molecule is C=C(O)C(CC(=O)OCCCC)NC(=O)OC(C)(C)C. The average Bonchev–Trinajstić information content (AvgIpc) is 2.25. The predicted molar refractivity (Wildman–Crippen MR) is 75.4 cm³/mol. The maximum Gasteiger partial charge on any atom is 0.408 e. The van der Waals surface area contributed by atoms with Crippen LogP contribution in [0.2, 0.25) is 0 Å². The number of aliphatic hydroxyl groups excluding tert-OH is 1. The number of esters is 1. The number of carbonyl (C=O) groups is 2. The van der Waals surface area contributed by atoms with Crippen LogP contribution in [0.5, 0.6) is 0 Å². The van der Waals surface area contributed by atoms with Crippen LogP contribution in [0.25, 0.3) is 0 Å². The molecular formula is C14H25NO5. The Balaban J connectivity index is 4.33. The maximum absolute atomic E-state index is 11.6. The number of rotatable bonds is 7. The minimum absolute atomic E-state index is 0.182. The van der Waals surface area contributed by atoms with E-state index in [-0.39, 0.29) is 12.2 Å². The summed E-state index contributed by atoms with van der Waals surface area (Å²) in [5.74, 6) is -0.821. The quantitative estimate of drug-likeness (QED) is 0.427. The second kappa shape index (κ2) is 8.45. The van der Waals surface area contributed by atoms with Crippen LogP contribution in [0.1, 0.15) is 47.0 Å². The third-order valence-corrected chi connectivity index (χ3v) is 2.22. The number of alkyl carbamates (subject to hydrolysis) is 1. The van der Waals surface area contributed by atoms with E-state index in [2.05, 4.69) is 11.9 Å². The molecule has 0 spiro atoms. The number of carbonyl (C=O) groups excluding carboxylic acids is 2. The molecule has 116 valence electrons. The highest BCUT2D eigenvalue weighted by molar-refractivity contribution is 5.73. The van der Waals surface area contributed by atoms with Gasteiger partial charge in [-0.3, -0.25) is 4.79 Å². The number of aliphatic hydroxyl groups is 1. The summed E-state index contributed by atoms with van der Waals surface area (Å²) in [6.07, 6.45) is 0.785. The van der Waals surface area contributed by atoms with Crippen LogP contribution in [0, 0.1) is 0 Å². The highest BCUT2D eigenvalue weighted by atomic mass is 16.6. The van der Waals surface area contributed by atoms with Crippen molar-refractivity contribution in [3.8, 4) is 0 Å². The lowest BCUT2D eigenvalue weighted by atomic mass is 10.2. The van der Waals surface area contributed by atoms with E-state index in [1.54, 1.807) is 20.8 Å². The molecule has 1 amide bonds. The Kier molecular flexibility index (Phi) is 7.72. The lowest BCUT2D eigenvalue weighted by Gasteiger charge is -2.22. The van der Waals surface area contributed by atoms with Gasteiger partial charge in [0.1, 0.15) is 11.4 Å². The van der Waals surface area contributed by atoms with E-state index in [0.29, 0.717) is 6.61 Å².